The molecule has 0 saturated carbocycles. The molecule has 6 nitrogen and oxygen atoms in total. The zero-order valence-electron chi connectivity index (χ0n) is 20.0. The smallest absolute Gasteiger partial charge is 0.319 e. The van der Waals surface area contributed by atoms with Crippen LogP contribution in [0.5, 0.6) is 5.75 Å². The van der Waals surface area contributed by atoms with Crippen LogP contribution in [0.3, 0.4) is 0 Å². The van der Waals surface area contributed by atoms with Gasteiger partial charge in [0.1, 0.15) is 11.2 Å². The van der Waals surface area contributed by atoms with Crippen LogP contribution in [0, 0.1) is 11.8 Å². The fraction of sp³-hybridized carbons (Fsp3) is 0.300. The zero-order chi connectivity index (χ0) is 25.0. The molecule has 0 unspecified atom stereocenters. The number of hydrogen-bond acceptors (Lipinski definition) is 4. The topological polar surface area (TPSA) is 83.9 Å². The molecule has 182 valence electrons. The van der Waals surface area contributed by atoms with Gasteiger partial charge in [-0.1, -0.05) is 68.3 Å². The third-order valence-corrected chi connectivity index (χ3v) is 8.07. The summed E-state index contributed by atoms with van der Waals surface area (Å²) in [6.45, 7) is 2.74. The molecule has 36 heavy (non-hydrogen) atoms. The van der Waals surface area contributed by atoms with Gasteiger partial charge in [-0.15, -0.1) is 0 Å². The van der Waals surface area contributed by atoms with Crippen molar-refractivity contribution in [3.8, 4) is 5.75 Å². The number of ether oxygens (including phenoxy) is 1. The summed E-state index contributed by atoms with van der Waals surface area (Å²) >= 11 is 0. The maximum atomic E-state index is 14.0. The number of hydrogen-bond donors (Lipinski definition) is 1. The van der Waals surface area contributed by atoms with E-state index in [0.29, 0.717) is 29.2 Å². The summed E-state index contributed by atoms with van der Waals surface area (Å²) in [5.41, 5.74) is 1.68. The Balaban J connectivity index is 1.44. The number of carbonyl (C=O) groups is 3. The summed E-state index contributed by atoms with van der Waals surface area (Å²) in [6.07, 6.45) is 3.16. The molecule has 6 heteroatoms. The van der Waals surface area contributed by atoms with E-state index in [9.17, 15) is 19.5 Å². The van der Waals surface area contributed by atoms with Gasteiger partial charge >= 0.3 is 5.97 Å². The van der Waals surface area contributed by atoms with Gasteiger partial charge in [0.15, 0.2) is 0 Å². The Hall–Kier alpha value is -3.93. The molecule has 2 amide bonds. The number of imide groups is 1. The first-order chi connectivity index (χ1) is 17.5. The number of aliphatic carboxylic acids is 1. The van der Waals surface area contributed by atoms with E-state index >= 15 is 0 Å². The van der Waals surface area contributed by atoms with Crippen LogP contribution >= 0.6 is 0 Å². The SMILES string of the molecule is CCCCCOc1ccc(N2C(=O)[C@H]3C4c5ccccc5C(C(=O)O)(c5ccccc54)[C@H]3C2=O)cc1. The fourth-order valence-electron chi connectivity index (χ4n) is 6.62. The molecule has 0 aromatic heterocycles. The van der Waals surface area contributed by atoms with Crippen LogP contribution in [0.2, 0.25) is 0 Å². The second-order valence-electron chi connectivity index (χ2n) is 9.83. The normalized spacial score (nSPS) is 25.4. The number of benzene rings is 3. The molecule has 2 bridgehead atoms. The van der Waals surface area contributed by atoms with Gasteiger partial charge in [-0.2, -0.15) is 0 Å². The van der Waals surface area contributed by atoms with Crippen LogP contribution in [-0.4, -0.2) is 29.5 Å². The lowest BCUT2D eigenvalue weighted by molar-refractivity contribution is -0.149. The van der Waals surface area contributed by atoms with Crippen molar-refractivity contribution in [1.29, 1.82) is 0 Å². The van der Waals surface area contributed by atoms with E-state index in [1.165, 1.54) is 4.90 Å². The van der Waals surface area contributed by atoms with Crippen LogP contribution in [0.15, 0.2) is 72.8 Å². The van der Waals surface area contributed by atoms with Crippen molar-refractivity contribution in [3.63, 3.8) is 0 Å². The first-order valence-electron chi connectivity index (χ1n) is 12.5. The number of nitrogens with zero attached hydrogens (tertiary/aromatic N) is 1. The summed E-state index contributed by atoms with van der Waals surface area (Å²) < 4.78 is 5.78. The van der Waals surface area contributed by atoms with E-state index in [1.807, 2.05) is 24.3 Å². The van der Waals surface area contributed by atoms with Gasteiger partial charge in [0.05, 0.1) is 24.1 Å². The highest BCUT2D eigenvalue weighted by Crippen LogP contribution is 2.64. The number of carboxylic acids is 1. The lowest BCUT2D eigenvalue weighted by Gasteiger charge is -2.51. The average molecular weight is 482 g/mol. The highest BCUT2D eigenvalue weighted by atomic mass is 16.5. The minimum atomic E-state index is -1.61. The Kier molecular flexibility index (Phi) is 5.21. The molecular weight excluding hydrogens is 454 g/mol. The van der Waals surface area contributed by atoms with Crippen LogP contribution in [-0.2, 0) is 19.8 Å². The second-order valence-corrected chi connectivity index (χ2v) is 9.83. The average Bonchev–Trinajstić information content (AvgIpc) is 3.17. The van der Waals surface area contributed by atoms with Gasteiger partial charge in [-0.3, -0.25) is 14.4 Å². The molecule has 0 radical (unpaired) electrons. The third kappa shape index (κ3) is 2.87. The fourth-order valence-corrected chi connectivity index (χ4v) is 6.62. The highest BCUT2D eigenvalue weighted by molar-refractivity contribution is 6.25. The predicted octanol–water partition coefficient (Wildman–Crippen LogP) is 4.89. The summed E-state index contributed by atoms with van der Waals surface area (Å²) in [5.74, 6) is -3.39. The molecule has 3 aromatic rings. The maximum Gasteiger partial charge on any atom is 0.319 e. The van der Waals surface area contributed by atoms with E-state index in [1.54, 1.807) is 48.5 Å². The quantitative estimate of drug-likeness (QED) is 0.384. The monoisotopic (exact) mass is 481 g/mol. The van der Waals surface area contributed by atoms with E-state index in [0.717, 1.165) is 30.4 Å². The Bertz CT molecular complexity index is 1330. The van der Waals surface area contributed by atoms with Crippen molar-refractivity contribution in [1.82, 2.24) is 0 Å². The Labute approximate surface area is 209 Å². The van der Waals surface area contributed by atoms with E-state index in [-0.39, 0.29) is 11.8 Å². The van der Waals surface area contributed by atoms with E-state index in [4.69, 9.17) is 4.74 Å². The van der Waals surface area contributed by atoms with Crippen molar-refractivity contribution in [2.24, 2.45) is 11.8 Å². The van der Waals surface area contributed by atoms with Gasteiger partial charge in [0, 0.05) is 5.92 Å². The summed E-state index contributed by atoms with van der Waals surface area (Å²) in [4.78, 5) is 42.3. The van der Waals surface area contributed by atoms with Crippen LogP contribution < -0.4 is 9.64 Å². The highest BCUT2D eigenvalue weighted by Gasteiger charge is 2.71. The predicted molar refractivity (Wildman–Crippen MR) is 134 cm³/mol. The number of carbonyl (C=O) groups excluding carboxylic acids is 2. The summed E-state index contributed by atoms with van der Waals surface area (Å²) in [5, 5.41) is 10.8. The zero-order valence-corrected chi connectivity index (χ0v) is 20.0. The first kappa shape index (κ1) is 22.5. The summed E-state index contributed by atoms with van der Waals surface area (Å²) in [6, 6.07) is 21.7. The van der Waals surface area contributed by atoms with Crippen LogP contribution in [0.4, 0.5) is 5.69 Å². The van der Waals surface area contributed by atoms with Crippen LogP contribution in [0.1, 0.15) is 54.4 Å². The lowest BCUT2D eigenvalue weighted by Crippen LogP contribution is -2.57. The summed E-state index contributed by atoms with van der Waals surface area (Å²) in [7, 11) is 0. The van der Waals surface area contributed by atoms with Gasteiger partial charge in [0.2, 0.25) is 11.8 Å². The molecule has 7 rings (SSSR count). The number of rotatable bonds is 7. The molecule has 3 aromatic carbocycles. The molecule has 1 aliphatic heterocycles. The molecule has 4 aliphatic rings. The Morgan fingerprint density at radius 2 is 1.50 bits per heavy atom. The van der Waals surface area contributed by atoms with Crippen molar-refractivity contribution in [3.05, 3.63) is 95.1 Å². The second kappa shape index (κ2) is 8.33. The largest absolute Gasteiger partial charge is 0.494 e. The van der Waals surface area contributed by atoms with E-state index in [2.05, 4.69) is 6.92 Å². The van der Waals surface area contributed by atoms with Gasteiger partial charge < -0.3 is 9.84 Å². The van der Waals surface area contributed by atoms with Crippen molar-refractivity contribution in [2.75, 3.05) is 11.5 Å². The number of amides is 2. The third-order valence-electron chi connectivity index (χ3n) is 8.07. The molecule has 2 atom stereocenters. The minimum Gasteiger partial charge on any atom is -0.494 e. The Morgan fingerprint density at radius 1 is 0.889 bits per heavy atom. The molecule has 3 aliphatic carbocycles. The number of anilines is 1. The van der Waals surface area contributed by atoms with Crippen molar-refractivity contribution < 1.29 is 24.2 Å². The molecular formula is C30H27NO5. The molecule has 0 spiro atoms. The standard InChI is InChI=1S/C30H27NO5/c1-2-3-8-17-36-19-15-13-18(14-16-19)31-27(32)25-24-20-9-4-6-11-22(20)30(29(34)35,26(25)28(31)33)23-12-7-5-10-21(23)24/h4-7,9-16,24-26H,2-3,8,17H2,1H3,(H,34,35)/t24?,25-,26+,30?/m0/s1. The lowest BCUT2D eigenvalue weighted by atomic mass is 9.47. The van der Waals surface area contributed by atoms with Gasteiger partial charge in [-0.05, 0) is 52.9 Å². The van der Waals surface area contributed by atoms with Gasteiger partial charge in [-0.25, -0.2) is 4.90 Å². The van der Waals surface area contributed by atoms with E-state index < -0.39 is 29.1 Å². The first-order valence-corrected chi connectivity index (χ1v) is 12.5. The molecule has 1 heterocycles. The molecule has 1 saturated heterocycles. The minimum absolute atomic E-state index is 0.346. The van der Waals surface area contributed by atoms with Crippen molar-refractivity contribution in [2.45, 2.75) is 37.5 Å². The number of carboxylic acid groups (broad SMARTS) is 1. The molecule has 1 fully saturated rings. The number of unbranched alkanes of at least 4 members (excludes halogenated alkanes) is 2. The molecule has 1 N–H and O–H groups in total. The Morgan fingerprint density at radius 3 is 2.08 bits per heavy atom. The van der Waals surface area contributed by atoms with Crippen LogP contribution in [0.25, 0.3) is 0 Å². The maximum absolute atomic E-state index is 14.0. The van der Waals surface area contributed by atoms with Gasteiger partial charge in [0.25, 0.3) is 0 Å². The van der Waals surface area contributed by atoms with Crippen molar-refractivity contribution >= 4 is 23.5 Å².